The van der Waals surface area contributed by atoms with Crippen LogP contribution in [0.1, 0.15) is 5.56 Å². The van der Waals surface area contributed by atoms with Crippen LogP contribution in [0.4, 0.5) is 11.4 Å². The molecule has 2 aromatic rings. The Morgan fingerprint density at radius 3 is 2.25 bits per heavy atom. The van der Waals surface area contributed by atoms with Crippen molar-refractivity contribution in [3.05, 3.63) is 70.3 Å². The molecule has 0 bridgehead atoms. The maximum absolute atomic E-state index is 10.4. The number of benzene rings is 2. The normalized spacial score (nSPS) is 15.2. The maximum atomic E-state index is 10.4. The van der Waals surface area contributed by atoms with E-state index in [1.165, 1.54) is 11.3 Å². The fourth-order valence-corrected chi connectivity index (χ4v) is 2.95. The van der Waals surface area contributed by atoms with Crippen molar-refractivity contribution in [3.63, 3.8) is 0 Å². The highest BCUT2D eigenvalue weighted by atomic mass is 16.6. The molecule has 1 aliphatic rings. The molecule has 3 rings (SSSR count). The smallest absolute Gasteiger partial charge is 0.275 e. The van der Waals surface area contributed by atoms with Crippen molar-refractivity contribution in [1.82, 2.24) is 4.90 Å². The molecule has 126 valence electrons. The second-order valence-electron chi connectivity index (χ2n) is 5.96. The molecular weight excluding hydrogens is 304 g/mol. The first kappa shape index (κ1) is 16.3. The minimum atomic E-state index is -0.375. The van der Waals surface area contributed by atoms with Gasteiger partial charge in [0.2, 0.25) is 0 Å². The lowest BCUT2D eigenvalue weighted by Gasteiger charge is -2.36. The summed E-state index contributed by atoms with van der Waals surface area (Å²) < 4.78 is 0. The fraction of sp³-hybridized carbons (Fsp3) is 0.333. The van der Waals surface area contributed by atoms with Crippen LogP contribution in [-0.2, 0) is 6.54 Å². The summed E-state index contributed by atoms with van der Waals surface area (Å²) in [7, 11) is 0. The lowest BCUT2D eigenvalue weighted by molar-refractivity contribution is -0.473. The van der Waals surface area contributed by atoms with Gasteiger partial charge in [-0.25, -0.2) is 0 Å². The molecule has 6 heteroatoms. The van der Waals surface area contributed by atoms with Crippen molar-refractivity contribution in [3.8, 4) is 0 Å². The minimum absolute atomic E-state index is 0.252. The zero-order chi connectivity index (χ0) is 16.8. The number of hydrogen-bond donors (Lipinski definition) is 1. The van der Waals surface area contributed by atoms with Crippen molar-refractivity contribution in [2.75, 3.05) is 43.1 Å². The van der Waals surface area contributed by atoms with E-state index in [9.17, 15) is 10.1 Å². The van der Waals surface area contributed by atoms with Crippen LogP contribution >= 0.6 is 0 Å². The predicted octanol–water partition coefficient (Wildman–Crippen LogP) is 2.65. The molecule has 24 heavy (non-hydrogen) atoms. The van der Waals surface area contributed by atoms with E-state index in [0.717, 1.165) is 38.4 Å². The van der Waals surface area contributed by atoms with Crippen LogP contribution in [0.25, 0.3) is 0 Å². The molecule has 2 aromatic carbocycles. The highest BCUT2D eigenvalue weighted by molar-refractivity contribution is 5.55. The Kier molecular flexibility index (Phi) is 5.28. The van der Waals surface area contributed by atoms with E-state index >= 15 is 0 Å². The summed E-state index contributed by atoms with van der Waals surface area (Å²) in [4.78, 5) is 14.8. The monoisotopic (exact) mass is 326 g/mol. The summed E-state index contributed by atoms with van der Waals surface area (Å²) >= 11 is 0. The zero-order valence-electron chi connectivity index (χ0n) is 13.6. The molecule has 0 radical (unpaired) electrons. The summed E-state index contributed by atoms with van der Waals surface area (Å²) in [6, 6.07) is 18.4. The number of rotatable bonds is 6. The molecule has 1 fully saturated rings. The zero-order valence-corrected chi connectivity index (χ0v) is 13.6. The van der Waals surface area contributed by atoms with Gasteiger partial charge in [0.15, 0.2) is 0 Å². The molecule has 0 spiro atoms. The van der Waals surface area contributed by atoms with Crippen LogP contribution in [0.15, 0.2) is 54.6 Å². The van der Waals surface area contributed by atoms with Gasteiger partial charge < -0.3 is 10.2 Å². The van der Waals surface area contributed by atoms with E-state index in [1.54, 1.807) is 0 Å². The van der Waals surface area contributed by atoms with Gasteiger partial charge in [-0.1, -0.05) is 30.3 Å². The quantitative estimate of drug-likeness (QED) is 0.502. The molecule has 0 aliphatic carbocycles. The summed E-state index contributed by atoms with van der Waals surface area (Å²) in [5.41, 5.74) is 3.30. The summed E-state index contributed by atoms with van der Waals surface area (Å²) in [5.74, 6) is 0. The van der Waals surface area contributed by atoms with Crippen LogP contribution in [0.5, 0.6) is 0 Å². The molecule has 1 aliphatic heterocycles. The lowest BCUT2D eigenvalue weighted by Crippen LogP contribution is -2.45. The molecule has 0 aromatic heterocycles. The number of nitrogens with one attached hydrogen (secondary N) is 1. The van der Waals surface area contributed by atoms with Crippen molar-refractivity contribution in [1.29, 1.82) is 0 Å². The Labute approximate surface area is 141 Å². The second kappa shape index (κ2) is 7.79. The Bertz CT molecular complexity index is 652. The van der Waals surface area contributed by atoms with Crippen molar-refractivity contribution in [2.24, 2.45) is 0 Å². The highest BCUT2D eigenvalue weighted by Crippen LogP contribution is 2.20. The highest BCUT2D eigenvalue weighted by Gasteiger charge is 2.17. The van der Waals surface area contributed by atoms with Gasteiger partial charge in [0, 0.05) is 49.0 Å². The van der Waals surface area contributed by atoms with Gasteiger partial charge in [-0.3, -0.25) is 15.0 Å². The Morgan fingerprint density at radius 1 is 0.958 bits per heavy atom. The second-order valence-corrected chi connectivity index (χ2v) is 5.96. The number of nitro groups is 1. The lowest BCUT2D eigenvalue weighted by atomic mass is 10.2. The van der Waals surface area contributed by atoms with Crippen LogP contribution < -0.4 is 10.2 Å². The molecule has 0 unspecified atom stereocenters. The molecule has 1 saturated heterocycles. The first-order chi connectivity index (χ1) is 11.7. The average molecular weight is 326 g/mol. The van der Waals surface area contributed by atoms with E-state index in [2.05, 4.69) is 39.4 Å². The Hall–Kier alpha value is -2.60. The van der Waals surface area contributed by atoms with E-state index < -0.39 is 0 Å². The maximum Gasteiger partial charge on any atom is 0.275 e. The van der Waals surface area contributed by atoms with Gasteiger partial charge in [0.25, 0.3) is 6.67 Å². The molecule has 1 heterocycles. The third-order valence-corrected chi connectivity index (χ3v) is 4.27. The van der Waals surface area contributed by atoms with Gasteiger partial charge in [0.1, 0.15) is 0 Å². The van der Waals surface area contributed by atoms with Crippen molar-refractivity contribution >= 4 is 11.4 Å². The van der Waals surface area contributed by atoms with Gasteiger partial charge in [-0.05, 0) is 29.8 Å². The van der Waals surface area contributed by atoms with Crippen LogP contribution in [-0.4, -0.2) is 42.7 Å². The molecular formula is C18H22N4O2. The third-order valence-electron chi connectivity index (χ3n) is 4.27. The summed E-state index contributed by atoms with van der Waals surface area (Å²) in [5, 5.41) is 13.2. The van der Waals surface area contributed by atoms with Gasteiger partial charge in [0.05, 0.1) is 0 Å². The van der Waals surface area contributed by atoms with Crippen molar-refractivity contribution in [2.45, 2.75) is 6.54 Å². The minimum Gasteiger partial charge on any atom is -0.369 e. The van der Waals surface area contributed by atoms with Gasteiger partial charge in [-0.2, -0.15) is 0 Å². The van der Waals surface area contributed by atoms with E-state index in [-0.39, 0.29) is 11.6 Å². The molecule has 6 nitrogen and oxygen atoms in total. The summed E-state index contributed by atoms with van der Waals surface area (Å²) in [6.07, 6.45) is 0. The fourth-order valence-electron chi connectivity index (χ4n) is 2.95. The van der Waals surface area contributed by atoms with E-state index in [4.69, 9.17) is 0 Å². The number of piperazine rings is 1. The molecule has 0 atom stereocenters. The number of hydrogen-bond acceptors (Lipinski definition) is 5. The largest absolute Gasteiger partial charge is 0.369 e. The van der Waals surface area contributed by atoms with Crippen molar-refractivity contribution < 1.29 is 4.92 Å². The molecule has 0 saturated carbocycles. The molecule has 0 amide bonds. The molecule has 1 N–H and O–H groups in total. The summed E-state index contributed by atoms with van der Waals surface area (Å²) in [6.45, 7) is 4.81. The van der Waals surface area contributed by atoms with Gasteiger partial charge in [-0.15, -0.1) is 0 Å². The number of nitrogens with zero attached hydrogens (tertiary/aromatic N) is 3. The predicted molar refractivity (Wildman–Crippen MR) is 95.9 cm³/mol. The first-order valence-corrected chi connectivity index (χ1v) is 8.18. The Balaban J connectivity index is 1.50. The van der Waals surface area contributed by atoms with Crippen LogP contribution in [0.2, 0.25) is 0 Å². The third kappa shape index (κ3) is 4.45. The number of anilines is 2. The van der Waals surface area contributed by atoms with E-state index in [1.807, 2.05) is 30.3 Å². The van der Waals surface area contributed by atoms with Crippen LogP contribution in [0, 0.1) is 10.1 Å². The first-order valence-electron chi connectivity index (χ1n) is 8.18. The van der Waals surface area contributed by atoms with Gasteiger partial charge >= 0.3 is 0 Å². The average Bonchev–Trinajstić information content (AvgIpc) is 2.62. The topological polar surface area (TPSA) is 61.7 Å². The standard InChI is InChI=1S/C18H22N4O2/c23-22(24)15-19-17-6-8-18(9-7-17)21-12-10-20(11-13-21)14-16-4-2-1-3-5-16/h1-9,19H,10-15H2. The van der Waals surface area contributed by atoms with E-state index in [0.29, 0.717) is 0 Å². The SMILES string of the molecule is O=[N+]([O-])CNc1ccc(N2CCN(Cc3ccccc3)CC2)cc1. The Morgan fingerprint density at radius 2 is 1.62 bits per heavy atom. The van der Waals surface area contributed by atoms with Crippen LogP contribution in [0.3, 0.4) is 0 Å².